The molecule has 1 nitrogen and oxygen atoms in total. The highest BCUT2D eigenvalue weighted by Gasteiger charge is 2.10. The minimum absolute atomic E-state index is 0.761. The molecule has 1 heteroatoms. The summed E-state index contributed by atoms with van der Waals surface area (Å²) in [6.07, 6.45) is 6.70. The van der Waals surface area contributed by atoms with Crippen LogP contribution < -0.4 is 5.32 Å². The van der Waals surface area contributed by atoms with Gasteiger partial charge in [-0.2, -0.15) is 0 Å². The monoisotopic (exact) mass is 185 g/mol. The van der Waals surface area contributed by atoms with Crippen LogP contribution in [-0.2, 0) is 0 Å². The van der Waals surface area contributed by atoms with Gasteiger partial charge in [0.2, 0.25) is 0 Å². The first-order valence-corrected chi connectivity index (χ1v) is 5.97. The number of rotatable bonds is 8. The van der Waals surface area contributed by atoms with Crippen LogP contribution in [-0.4, -0.2) is 12.6 Å². The number of hydrogen-bond donors (Lipinski definition) is 1. The standard InChI is InChI=1S/C12H27N/c1-5-8-11(4)10-12(9-6-2)13-7-3/h11-13H,5-10H2,1-4H3. The zero-order chi connectivity index (χ0) is 10.1. The smallest absolute Gasteiger partial charge is 0.00693 e. The Labute approximate surface area is 84.3 Å². The van der Waals surface area contributed by atoms with Crippen molar-refractivity contribution in [3.63, 3.8) is 0 Å². The van der Waals surface area contributed by atoms with E-state index in [-0.39, 0.29) is 0 Å². The van der Waals surface area contributed by atoms with E-state index in [0.29, 0.717) is 0 Å². The van der Waals surface area contributed by atoms with Crippen molar-refractivity contribution in [1.82, 2.24) is 5.32 Å². The van der Waals surface area contributed by atoms with Gasteiger partial charge in [0.15, 0.2) is 0 Å². The lowest BCUT2D eigenvalue weighted by Crippen LogP contribution is -2.30. The van der Waals surface area contributed by atoms with Crippen LogP contribution in [0.4, 0.5) is 0 Å². The minimum atomic E-state index is 0.761. The van der Waals surface area contributed by atoms with Crippen molar-refractivity contribution in [1.29, 1.82) is 0 Å². The Balaban J connectivity index is 3.64. The van der Waals surface area contributed by atoms with E-state index in [1.54, 1.807) is 0 Å². The lowest BCUT2D eigenvalue weighted by molar-refractivity contribution is 0.370. The van der Waals surface area contributed by atoms with Crippen molar-refractivity contribution in [2.24, 2.45) is 5.92 Å². The third kappa shape index (κ3) is 7.06. The molecule has 0 aromatic carbocycles. The first kappa shape index (κ1) is 13.0. The van der Waals surface area contributed by atoms with Gasteiger partial charge in [0, 0.05) is 6.04 Å². The SMILES string of the molecule is CCCC(C)CC(CCC)NCC. The molecule has 0 aliphatic heterocycles. The Kier molecular flexibility index (Phi) is 8.53. The molecule has 0 heterocycles. The van der Waals surface area contributed by atoms with E-state index < -0.39 is 0 Å². The summed E-state index contributed by atoms with van der Waals surface area (Å²) in [4.78, 5) is 0. The van der Waals surface area contributed by atoms with Gasteiger partial charge >= 0.3 is 0 Å². The summed E-state index contributed by atoms with van der Waals surface area (Å²) in [7, 11) is 0. The minimum Gasteiger partial charge on any atom is -0.314 e. The van der Waals surface area contributed by atoms with E-state index in [1.807, 2.05) is 0 Å². The maximum Gasteiger partial charge on any atom is 0.00693 e. The van der Waals surface area contributed by atoms with Gasteiger partial charge in [-0.05, 0) is 25.3 Å². The van der Waals surface area contributed by atoms with Gasteiger partial charge in [0.05, 0.1) is 0 Å². The molecule has 0 fully saturated rings. The lowest BCUT2D eigenvalue weighted by atomic mass is 9.95. The zero-order valence-electron chi connectivity index (χ0n) is 9.90. The second-order valence-corrected chi connectivity index (χ2v) is 4.17. The van der Waals surface area contributed by atoms with Crippen molar-refractivity contribution in [2.75, 3.05) is 6.54 Å². The summed E-state index contributed by atoms with van der Waals surface area (Å²) in [6.45, 7) is 10.2. The molecule has 2 unspecified atom stereocenters. The summed E-state index contributed by atoms with van der Waals surface area (Å²) in [5.41, 5.74) is 0. The Hall–Kier alpha value is -0.0400. The topological polar surface area (TPSA) is 12.0 Å². The molecule has 1 N–H and O–H groups in total. The highest BCUT2D eigenvalue weighted by Crippen LogP contribution is 2.15. The Morgan fingerprint density at radius 2 is 1.62 bits per heavy atom. The summed E-state index contributed by atoms with van der Waals surface area (Å²) in [6, 6.07) is 0.761. The van der Waals surface area contributed by atoms with Crippen molar-refractivity contribution < 1.29 is 0 Å². The second kappa shape index (κ2) is 8.55. The average molecular weight is 185 g/mol. The molecule has 13 heavy (non-hydrogen) atoms. The van der Waals surface area contributed by atoms with Gasteiger partial charge in [0.1, 0.15) is 0 Å². The predicted molar refractivity (Wildman–Crippen MR) is 61.1 cm³/mol. The van der Waals surface area contributed by atoms with E-state index in [9.17, 15) is 0 Å². The van der Waals surface area contributed by atoms with Crippen LogP contribution in [0.15, 0.2) is 0 Å². The van der Waals surface area contributed by atoms with Crippen LogP contribution in [0.1, 0.15) is 59.8 Å². The van der Waals surface area contributed by atoms with Gasteiger partial charge in [-0.1, -0.05) is 47.0 Å². The highest BCUT2D eigenvalue weighted by atomic mass is 14.9. The van der Waals surface area contributed by atoms with Crippen LogP contribution in [0, 0.1) is 5.92 Å². The van der Waals surface area contributed by atoms with Gasteiger partial charge < -0.3 is 5.32 Å². The normalized spacial score (nSPS) is 15.7. The van der Waals surface area contributed by atoms with Crippen LogP contribution >= 0.6 is 0 Å². The highest BCUT2D eigenvalue weighted by molar-refractivity contribution is 4.68. The molecule has 0 saturated heterocycles. The molecule has 0 aliphatic carbocycles. The molecular weight excluding hydrogens is 158 g/mol. The third-order valence-electron chi connectivity index (χ3n) is 2.60. The van der Waals surface area contributed by atoms with Crippen LogP contribution in [0.3, 0.4) is 0 Å². The summed E-state index contributed by atoms with van der Waals surface area (Å²) in [5, 5.41) is 3.57. The Morgan fingerprint density at radius 3 is 2.08 bits per heavy atom. The number of nitrogens with one attached hydrogen (secondary N) is 1. The Bertz CT molecular complexity index is 95.3. The van der Waals surface area contributed by atoms with Crippen molar-refractivity contribution in [3.8, 4) is 0 Å². The molecule has 80 valence electrons. The van der Waals surface area contributed by atoms with Crippen LogP contribution in [0.5, 0.6) is 0 Å². The van der Waals surface area contributed by atoms with E-state index in [0.717, 1.165) is 18.5 Å². The quantitative estimate of drug-likeness (QED) is 0.609. The summed E-state index contributed by atoms with van der Waals surface area (Å²) < 4.78 is 0. The predicted octanol–water partition coefficient (Wildman–Crippen LogP) is 3.59. The third-order valence-corrected chi connectivity index (χ3v) is 2.60. The van der Waals surface area contributed by atoms with E-state index >= 15 is 0 Å². The molecule has 0 aromatic rings. The van der Waals surface area contributed by atoms with Crippen LogP contribution in [0.25, 0.3) is 0 Å². The van der Waals surface area contributed by atoms with Crippen molar-refractivity contribution >= 4 is 0 Å². The zero-order valence-corrected chi connectivity index (χ0v) is 9.90. The molecule has 0 bridgehead atoms. The molecular formula is C12H27N. The van der Waals surface area contributed by atoms with Crippen molar-refractivity contribution in [3.05, 3.63) is 0 Å². The number of hydrogen-bond acceptors (Lipinski definition) is 1. The summed E-state index contributed by atoms with van der Waals surface area (Å²) in [5.74, 6) is 0.889. The fourth-order valence-electron chi connectivity index (χ4n) is 2.04. The molecule has 2 atom stereocenters. The maximum absolute atomic E-state index is 3.57. The van der Waals surface area contributed by atoms with E-state index in [2.05, 4.69) is 33.0 Å². The van der Waals surface area contributed by atoms with Gasteiger partial charge in [-0.25, -0.2) is 0 Å². The molecule has 0 spiro atoms. The summed E-state index contributed by atoms with van der Waals surface area (Å²) >= 11 is 0. The average Bonchev–Trinajstić information content (AvgIpc) is 2.05. The van der Waals surface area contributed by atoms with Gasteiger partial charge in [0.25, 0.3) is 0 Å². The van der Waals surface area contributed by atoms with E-state index in [1.165, 1.54) is 32.1 Å². The fraction of sp³-hybridized carbons (Fsp3) is 1.00. The molecule has 0 rings (SSSR count). The van der Waals surface area contributed by atoms with Gasteiger partial charge in [-0.3, -0.25) is 0 Å². The largest absolute Gasteiger partial charge is 0.314 e. The second-order valence-electron chi connectivity index (χ2n) is 4.17. The molecule has 0 saturated carbocycles. The first-order chi connectivity index (χ1) is 6.24. The molecule has 0 radical (unpaired) electrons. The molecule has 0 amide bonds. The fourth-order valence-corrected chi connectivity index (χ4v) is 2.04. The van der Waals surface area contributed by atoms with Gasteiger partial charge in [-0.15, -0.1) is 0 Å². The maximum atomic E-state index is 3.57. The first-order valence-electron chi connectivity index (χ1n) is 5.97. The van der Waals surface area contributed by atoms with Crippen LogP contribution in [0.2, 0.25) is 0 Å². The van der Waals surface area contributed by atoms with Crippen molar-refractivity contribution in [2.45, 2.75) is 65.8 Å². The lowest BCUT2D eigenvalue weighted by Gasteiger charge is -2.20. The van der Waals surface area contributed by atoms with E-state index in [4.69, 9.17) is 0 Å². The molecule has 0 aromatic heterocycles. The molecule has 0 aliphatic rings. The Morgan fingerprint density at radius 1 is 1.00 bits per heavy atom.